The zero-order chi connectivity index (χ0) is 14.8. The van der Waals surface area contributed by atoms with Gasteiger partial charge in [0.25, 0.3) is 0 Å². The third kappa shape index (κ3) is 3.01. The minimum atomic E-state index is -0.292. The van der Waals surface area contributed by atoms with E-state index in [-0.39, 0.29) is 5.97 Å². The van der Waals surface area contributed by atoms with Crippen LogP contribution in [0.1, 0.15) is 27.0 Å². The van der Waals surface area contributed by atoms with Gasteiger partial charge in [0.2, 0.25) is 0 Å². The quantitative estimate of drug-likeness (QED) is 0.793. The van der Waals surface area contributed by atoms with Gasteiger partial charge in [-0.05, 0) is 28.8 Å². The number of halogens is 1. The summed E-state index contributed by atoms with van der Waals surface area (Å²) in [5, 5.41) is 0. The highest BCUT2D eigenvalue weighted by Crippen LogP contribution is 2.32. The van der Waals surface area contributed by atoms with Crippen molar-refractivity contribution in [3.8, 4) is 0 Å². The van der Waals surface area contributed by atoms with Crippen LogP contribution in [0.4, 0.5) is 0 Å². The minimum Gasteiger partial charge on any atom is -0.465 e. The Morgan fingerprint density at radius 3 is 2.71 bits per heavy atom. The van der Waals surface area contributed by atoms with Gasteiger partial charge in [-0.15, -0.1) is 0 Å². The Morgan fingerprint density at radius 1 is 1.24 bits per heavy atom. The summed E-state index contributed by atoms with van der Waals surface area (Å²) >= 11 is 3.57. The zero-order valence-electron chi connectivity index (χ0n) is 11.8. The Bertz CT molecular complexity index is 670. The number of carbonyl (C=O) groups is 1. The summed E-state index contributed by atoms with van der Waals surface area (Å²) < 4.78 is 5.78. The molecule has 0 radical (unpaired) electrons. The molecular formula is C17H16BrNO2. The van der Waals surface area contributed by atoms with E-state index in [1.54, 1.807) is 0 Å². The molecule has 0 atom stereocenters. The first-order valence-electron chi connectivity index (χ1n) is 6.83. The van der Waals surface area contributed by atoms with Crippen LogP contribution in [0.25, 0.3) is 0 Å². The molecule has 2 aromatic carbocycles. The Hall–Kier alpha value is -1.65. The van der Waals surface area contributed by atoms with Crippen molar-refractivity contribution < 1.29 is 9.53 Å². The lowest BCUT2D eigenvalue weighted by Crippen LogP contribution is -2.15. The largest absolute Gasteiger partial charge is 0.465 e. The van der Waals surface area contributed by atoms with Crippen molar-refractivity contribution in [2.24, 2.45) is 0 Å². The predicted molar refractivity (Wildman–Crippen MR) is 84.9 cm³/mol. The van der Waals surface area contributed by atoms with Crippen LogP contribution in [0.15, 0.2) is 46.9 Å². The average Bonchev–Trinajstić information content (AvgIpc) is 2.90. The molecule has 21 heavy (non-hydrogen) atoms. The molecule has 2 aromatic rings. The number of carbonyl (C=O) groups excluding carboxylic acids is 1. The van der Waals surface area contributed by atoms with Crippen molar-refractivity contribution >= 4 is 21.9 Å². The molecule has 0 aromatic heterocycles. The topological polar surface area (TPSA) is 29.5 Å². The number of hydrogen-bond donors (Lipinski definition) is 0. The maximum absolute atomic E-state index is 11.7. The molecule has 0 aliphatic carbocycles. The number of esters is 1. The number of benzene rings is 2. The van der Waals surface area contributed by atoms with Crippen molar-refractivity contribution in [2.45, 2.75) is 19.6 Å². The average molecular weight is 346 g/mol. The van der Waals surface area contributed by atoms with Crippen molar-refractivity contribution in [1.29, 1.82) is 0 Å². The lowest BCUT2D eigenvalue weighted by atomic mass is 10.1. The number of ether oxygens (including phenoxy) is 1. The molecular weight excluding hydrogens is 330 g/mol. The molecule has 1 aliphatic rings. The molecule has 0 bridgehead atoms. The second kappa shape index (κ2) is 6.00. The second-order valence-corrected chi connectivity index (χ2v) is 6.07. The van der Waals surface area contributed by atoms with E-state index in [0.717, 1.165) is 24.1 Å². The van der Waals surface area contributed by atoms with E-state index in [0.29, 0.717) is 5.56 Å². The van der Waals surface area contributed by atoms with Gasteiger partial charge in [-0.25, -0.2) is 4.79 Å². The van der Waals surface area contributed by atoms with Crippen molar-refractivity contribution in [3.05, 3.63) is 69.2 Å². The molecule has 0 saturated heterocycles. The van der Waals surface area contributed by atoms with E-state index in [1.807, 2.05) is 18.2 Å². The van der Waals surface area contributed by atoms with Crippen LogP contribution in [0.2, 0.25) is 0 Å². The van der Waals surface area contributed by atoms with Crippen LogP contribution in [0, 0.1) is 0 Å². The van der Waals surface area contributed by atoms with Crippen LogP contribution in [-0.2, 0) is 24.4 Å². The van der Waals surface area contributed by atoms with Gasteiger partial charge in [-0.1, -0.05) is 46.3 Å². The monoisotopic (exact) mass is 345 g/mol. The Kier molecular flexibility index (Phi) is 4.08. The number of fused-ring (bicyclic) bond motifs is 1. The molecule has 3 nitrogen and oxygen atoms in total. The van der Waals surface area contributed by atoms with Gasteiger partial charge in [0, 0.05) is 24.1 Å². The first-order valence-corrected chi connectivity index (χ1v) is 7.62. The van der Waals surface area contributed by atoms with Crippen LogP contribution in [0.3, 0.4) is 0 Å². The summed E-state index contributed by atoms with van der Waals surface area (Å²) in [6.07, 6.45) is 0. The van der Waals surface area contributed by atoms with Gasteiger partial charge in [-0.2, -0.15) is 0 Å². The molecule has 0 N–H and O–H groups in total. The molecule has 1 heterocycles. The molecule has 0 saturated carbocycles. The molecule has 3 rings (SSSR count). The molecule has 0 spiro atoms. The Labute approximate surface area is 132 Å². The highest BCUT2D eigenvalue weighted by atomic mass is 79.9. The lowest BCUT2D eigenvalue weighted by Gasteiger charge is -2.14. The molecule has 108 valence electrons. The van der Waals surface area contributed by atoms with Crippen LogP contribution >= 0.6 is 15.9 Å². The highest BCUT2D eigenvalue weighted by molar-refractivity contribution is 9.10. The number of hydrogen-bond acceptors (Lipinski definition) is 3. The first kappa shape index (κ1) is 14.3. The maximum atomic E-state index is 11.7. The van der Waals surface area contributed by atoms with Crippen molar-refractivity contribution in [3.63, 3.8) is 0 Å². The molecule has 1 aliphatic heterocycles. The first-order chi connectivity index (χ1) is 10.2. The predicted octanol–water partition coefficient (Wildman–Crippen LogP) is 3.75. The van der Waals surface area contributed by atoms with E-state index in [4.69, 9.17) is 4.74 Å². The van der Waals surface area contributed by atoms with E-state index in [2.05, 4.69) is 45.1 Å². The van der Waals surface area contributed by atoms with Gasteiger partial charge in [0.15, 0.2) is 0 Å². The smallest absolute Gasteiger partial charge is 0.337 e. The Balaban J connectivity index is 1.81. The summed E-state index contributed by atoms with van der Waals surface area (Å²) in [5.41, 5.74) is 4.36. The fourth-order valence-corrected chi connectivity index (χ4v) is 3.35. The summed E-state index contributed by atoms with van der Waals surface area (Å²) in [5.74, 6) is -0.292. The number of nitrogens with zero attached hydrogens (tertiary/aromatic N) is 1. The van der Waals surface area contributed by atoms with Crippen LogP contribution in [0.5, 0.6) is 0 Å². The second-order valence-electron chi connectivity index (χ2n) is 5.22. The van der Waals surface area contributed by atoms with Crippen LogP contribution < -0.4 is 0 Å². The van der Waals surface area contributed by atoms with Crippen molar-refractivity contribution in [2.75, 3.05) is 7.11 Å². The normalized spacial score (nSPS) is 14.0. The van der Waals surface area contributed by atoms with Gasteiger partial charge >= 0.3 is 5.97 Å². The zero-order valence-corrected chi connectivity index (χ0v) is 13.4. The van der Waals surface area contributed by atoms with Crippen LogP contribution in [-0.4, -0.2) is 18.0 Å². The molecule has 0 unspecified atom stereocenters. The van der Waals surface area contributed by atoms with Gasteiger partial charge in [0.1, 0.15) is 0 Å². The summed E-state index contributed by atoms with van der Waals surface area (Å²) in [6.45, 7) is 2.66. The summed E-state index contributed by atoms with van der Waals surface area (Å²) in [4.78, 5) is 14.0. The third-order valence-corrected chi connectivity index (χ3v) is 4.44. The lowest BCUT2D eigenvalue weighted by molar-refractivity contribution is 0.0600. The molecule has 0 amide bonds. The summed E-state index contributed by atoms with van der Waals surface area (Å²) in [6, 6.07) is 14.2. The molecule has 4 heteroatoms. The fraction of sp³-hybridized carbons (Fsp3) is 0.235. The SMILES string of the molecule is COC(=O)c1cc(Br)c2c(c1)CN(Cc1ccccc1)C2. The fourth-order valence-electron chi connectivity index (χ4n) is 2.72. The maximum Gasteiger partial charge on any atom is 0.337 e. The number of methoxy groups -OCH3 is 1. The van der Waals surface area contributed by atoms with Gasteiger partial charge in [0.05, 0.1) is 12.7 Å². The minimum absolute atomic E-state index is 0.292. The molecule has 0 fully saturated rings. The highest BCUT2D eigenvalue weighted by Gasteiger charge is 2.23. The Morgan fingerprint density at radius 2 is 2.00 bits per heavy atom. The van der Waals surface area contributed by atoms with Gasteiger partial charge < -0.3 is 4.74 Å². The summed E-state index contributed by atoms with van der Waals surface area (Å²) in [7, 11) is 1.41. The van der Waals surface area contributed by atoms with E-state index in [1.165, 1.54) is 23.8 Å². The van der Waals surface area contributed by atoms with E-state index < -0.39 is 0 Å². The van der Waals surface area contributed by atoms with E-state index in [9.17, 15) is 4.79 Å². The number of rotatable bonds is 3. The van der Waals surface area contributed by atoms with Crippen molar-refractivity contribution in [1.82, 2.24) is 4.90 Å². The standard InChI is InChI=1S/C17H16BrNO2/c1-21-17(20)13-7-14-10-19(11-15(14)16(18)8-13)9-12-5-3-2-4-6-12/h2-8H,9-11H2,1H3. The van der Waals surface area contributed by atoms with E-state index >= 15 is 0 Å². The third-order valence-electron chi connectivity index (χ3n) is 3.73. The van der Waals surface area contributed by atoms with Gasteiger partial charge in [-0.3, -0.25) is 4.90 Å².